The lowest BCUT2D eigenvalue weighted by molar-refractivity contribution is -0.123. The van der Waals surface area contributed by atoms with Gasteiger partial charge in [0.15, 0.2) is 0 Å². The van der Waals surface area contributed by atoms with E-state index in [0.29, 0.717) is 6.42 Å². The first kappa shape index (κ1) is 19.7. The first-order chi connectivity index (χ1) is 11.8. The fraction of sp³-hybridized carbons (Fsp3) is 0.650. The Balaban J connectivity index is 2.08. The minimum atomic E-state index is -0.0115. The van der Waals surface area contributed by atoms with Gasteiger partial charge in [-0.05, 0) is 30.2 Å². The average Bonchev–Trinajstić information content (AvgIpc) is 2.54. The molecule has 1 heterocycles. The molecule has 1 aliphatic heterocycles. The number of carbonyl (C=O) groups is 1. The number of hydrogen-bond acceptors (Lipinski definition) is 4. The lowest BCUT2D eigenvalue weighted by atomic mass is 9.91. The van der Waals surface area contributed by atoms with E-state index >= 15 is 0 Å². The molecular formula is C20H33N3O2. The molecular weight excluding hydrogens is 314 g/mol. The van der Waals surface area contributed by atoms with Gasteiger partial charge in [0, 0.05) is 39.1 Å². The van der Waals surface area contributed by atoms with Crippen LogP contribution in [0.4, 0.5) is 0 Å². The average molecular weight is 348 g/mol. The third-order valence-electron chi connectivity index (χ3n) is 4.58. The summed E-state index contributed by atoms with van der Waals surface area (Å²) in [5.74, 6) is 0.950. The van der Waals surface area contributed by atoms with Crippen molar-refractivity contribution >= 4 is 5.91 Å². The molecule has 140 valence electrons. The Hall–Kier alpha value is -1.59. The van der Waals surface area contributed by atoms with Crippen molar-refractivity contribution in [3.05, 3.63) is 29.8 Å². The summed E-state index contributed by atoms with van der Waals surface area (Å²) in [4.78, 5) is 17.3. The monoisotopic (exact) mass is 347 g/mol. The van der Waals surface area contributed by atoms with Gasteiger partial charge in [0.05, 0.1) is 13.2 Å². The number of nitrogens with zero attached hydrogens (tertiary/aromatic N) is 2. The molecule has 0 spiro atoms. The van der Waals surface area contributed by atoms with Gasteiger partial charge >= 0.3 is 0 Å². The zero-order chi connectivity index (χ0) is 18.4. The lowest BCUT2D eigenvalue weighted by Gasteiger charge is -2.35. The van der Waals surface area contributed by atoms with E-state index in [1.165, 1.54) is 0 Å². The van der Waals surface area contributed by atoms with E-state index in [9.17, 15) is 4.79 Å². The molecule has 5 nitrogen and oxygen atoms in total. The fourth-order valence-corrected chi connectivity index (χ4v) is 3.09. The molecule has 0 aromatic heterocycles. The van der Waals surface area contributed by atoms with Crippen LogP contribution in [0.1, 0.15) is 38.8 Å². The molecule has 0 radical (unpaired) electrons. The van der Waals surface area contributed by atoms with Crippen molar-refractivity contribution in [2.24, 2.45) is 5.41 Å². The van der Waals surface area contributed by atoms with Gasteiger partial charge in [-0.3, -0.25) is 9.69 Å². The van der Waals surface area contributed by atoms with Crippen molar-refractivity contribution in [1.29, 1.82) is 0 Å². The third kappa shape index (κ3) is 6.67. The first-order valence-electron chi connectivity index (χ1n) is 9.11. The second kappa shape index (κ2) is 8.68. The van der Waals surface area contributed by atoms with Crippen LogP contribution >= 0.6 is 0 Å². The number of hydrogen-bond donors (Lipinski definition) is 1. The lowest BCUT2D eigenvalue weighted by Crippen LogP contribution is -2.48. The predicted octanol–water partition coefficient (Wildman–Crippen LogP) is 2.54. The van der Waals surface area contributed by atoms with Crippen molar-refractivity contribution in [2.45, 2.75) is 33.2 Å². The molecule has 0 saturated carbocycles. The maximum atomic E-state index is 12.5. The Morgan fingerprint density at radius 1 is 1.16 bits per heavy atom. The van der Waals surface area contributed by atoms with Gasteiger partial charge in [-0.2, -0.15) is 0 Å². The number of benzene rings is 1. The normalized spacial score (nSPS) is 18.0. The second-order valence-electron chi connectivity index (χ2n) is 8.23. The van der Waals surface area contributed by atoms with Gasteiger partial charge in [0.2, 0.25) is 5.91 Å². The predicted molar refractivity (Wildman–Crippen MR) is 102 cm³/mol. The quantitative estimate of drug-likeness (QED) is 0.859. The molecule has 5 heteroatoms. The van der Waals surface area contributed by atoms with E-state index < -0.39 is 0 Å². The van der Waals surface area contributed by atoms with Crippen molar-refractivity contribution in [1.82, 2.24) is 15.1 Å². The minimum Gasteiger partial charge on any atom is -0.497 e. The Kier molecular flexibility index (Phi) is 6.85. The molecule has 1 aromatic rings. The van der Waals surface area contributed by atoms with Crippen LogP contribution in [0.5, 0.6) is 5.75 Å². The number of nitrogens with one attached hydrogen (secondary N) is 1. The number of carbonyl (C=O) groups excluding carboxylic acids is 1. The molecule has 1 fully saturated rings. The second-order valence-corrected chi connectivity index (χ2v) is 8.23. The van der Waals surface area contributed by atoms with Crippen LogP contribution in [-0.2, 0) is 4.79 Å². The number of likely N-dealkylation sites (N-methyl/N-ethyl adjacent to an activating group) is 1. The van der Waals surface area contributed by atoms with Crippen LogP contribution in [0.25, 0.3) is 0 Å². The number of piperazine rings is 1. The van der Waals surface area contributed by atoms with Gasteiger partial charge in [-0.15, -0.1) is 0 Å². The highest BCUT2D eigenvalue weighted by molar-refractivity contribution is 5.77. The van der Waals surface area contributed by atoms with Crippen LogP contribution in [0.2, 0.25) is 0 Å². The zero-order valence-corrected chi connectivity index (χ0v) is 16.3. The molecule has 0 aliphatic carbocycles. The number of amides is 1. The van der Waals surface area contributed by atoms with Gasteiger partial charge in [-0.25, -0.2) is 0 Å². The van der Waals surface area contributed by atoms with E-state index in [4.69, 9.17) is 4.74 Å². The Bertz CT molecular complexity index is 543. The maximum absolute atomic E-state index is 12.5. The van der Waals surface area contributed by atoms with Crippen molar-refractivity contribution in [2.75, 3.05) is 46.9 Å². The van der Waals surface area contributed by atoms with E-state index in [2.05, 4.69) is 55.1 Å². The molecule has 0 bridgehead atoms. The summed E-state index contributed by atoms with van der Waals surface area (Å²) in [6, 6.07) is 8.03. The topological polar surface area (TPSA) is 44.8 Å². The van der Waals surface area contributed by atoms with E-state index in [-0.39, 0.29) is 17.4 Å². The highest BCUT2D eigenvalue weighted by Gasteiger charge is 2.23. The smallest absolute Gasteiger partial charge is 0.221 e. The van der Waals surface area contributed by atoms with E-state index in [1.807, 2.05) is 12.1 Å². The SMILES string of the molecule is COc1ccc(C(CN2CCN(C)CC2)NC(=O)CC(C)(C)C)cc1. The molecule has 1 aliphatic rings. The molecule has 1 unspecified atom stereocenters. The molecule has 1 aromatic carbocycles. The summed E-state index contributed by atoms with van der Waals surface area (Å²) in [7, 11) is 3.82. The highest BCUT2D eigenvalue weighted by Crippen LogP contribution is 2.22. The summed E-state index contributed by atoms with van der Waals surface area (Å²) in [6.07, 6.45) is 0.530. The van der Waals surface area contributed by atoms with Gasteiger partial charge in [-0.1, -0.05) is 32.9 Å². The standard InChI is InChI=1S/C20H33N3O2/c1-20(2,3)14-19(24)21-18(15-23-12-10-22(4)11-13-23)16-6-8-17(25-5)9-7-16/h6-9,18H,10-15H2,1-5H3,(H,21,24). The van der Waals surface area contributed by atoms with Gasteiger partial charge in [0.1, 0.15) is 5.75 Å². The highest BCUT2D eigenvalue weighted by atomic mass is 16.5. The third-order valence-corrected chi connectivity index (χ3v) is 4.58. The Morgan fingerprint density at radius 2 is 1.76 bits per heavy atom. The van der Waals surface area contributed by atoms with Crippen molar-refractivity contribution in [3.8, 4) is 5.75 Å². The number of ether oxygens (including phenoxy) is 1. The molecule has 1 N–H and O–H groups in total. The van der Waals surface area contributed by atoms with Gasteiger partial charge in [0.25, 0.3) is 0 Å². The fourth-order valence-electron chi connectivity index (χ4n) is 3.09. The van der Waals surface area contributed by atoms with E-state index in [1.54, 1.807) is 7.11 Å². The summed E-state index contributed by atoms with van der Waals surface area (Å²) < 4.78 is 5.25. The van der Waals surface area contributed by atoms with Crippen LogP contribution < -0.4 is 10.1 Å². The van der Waals surface area contributed by atoms with Crippen LogP contribution in [0.3, 0.4) is 0 Å². The number of methoxy groups -OCH3 is 1. The first-order valence-corrected chi connectivity index (χ1v) is 9.11. The zero-order valence-electron chi connectivity index (χ0n) is 16.3. The van der Waals surface area contributed by atoms with Crippen molar-refractivity contribution < 1.29 is 9.53 Å². The molecule has 25 heavy (non-hydrogen) atoms. The van der Waals surface area contributed by atoms with Crippen LogP contribution in [0.15, 0.2) is 24.3 Å². The maximum Gasteiger partial charge on any atom is 0.221 e. The Labute approximate surface area is 152 Å². The summed E-state index contributed by atoms with van der Waals surface area (Å²) in [6.45, 7) is 11.4. The van der Waals surface area contributed by atoms with Crippen LogP contribution in [0, 0.1) is 5.41 Å². The summed E-state index contributed by atoms with van der Waals surface area (Å²) >= 11 is 0. The molecule has 2 rings (SSSR count). The summed E-state index contributed by atoms with van der Waals surface area (Å²) in [5, 5.41) is 3.25. The van der Waals surface area contributed by atoms with E-state index in [0.717, 1.165) is 44.0 Å². The van der Waals surface area contributed by atoms with Crippen LogP contribution in [-0.4, -0.2) is 62.6 Å². The Morgan fingerprint density at radius 3 is 2.28 bits per heavy atom. The molecule has 1 saturated heterocycles. The number of rotatable bonds is 6. The van der Waals surface area contributed by atoms with Crippen molar-refractivity contribution in [3.63, 3.8) is 0 Å². The van der Waals surface area contributed by atoms with Gasteiger partial charge < -0.3 is 15.0 Å². The molecule has 1 atom stereocenters. The minimum absolute atomic E-state index is 0.00385. The molecule has 1 amide bonds. The summed E-state index contributed by atoms with van der Waals surface area (Å²) in [5.41, 5.74) is 1.12. The largest absolute Gasteiger partial charge is 0.497 e.